The molecule has 0 fully saturated rings. The van der Waals surface area contributed by atoms with E-state index in [4.69, 9.17) is 15.6 Å². The predicted octanol–water partition coefficient (Wildman–Crippen LogP) is 3.18. The van der Waals surface area contributed by atoms with E-state index in [2.05, 4.69) is 16.0 Å². The smallest absolute Gasteiger partial charge is 0.236 e. The number of thiazole rings is 1. The summed E-state index contributed by atoms with van der Waals surface area (Å²) in [6.45, 7) is 0.995. The second kappa shape index (κ2) is 7.89. The fraction of sp³-hybridized carbons (Fsp3) is 0.250. The highest BCUT2D eigenvalue weighted by Gasteiger charge is 2.10. The highest BCUT2D eigenvalue weighted by Crippen LogP contribution is 2.32. The van der Waals surface area contributed by atoms with Gasteiger partial charge in [-0.3, -0.25) is 0 Å². The molecule has 126 valence electrons. The van der Waals surface area contributed by atoms with Crippen LogP contribution in [0.1, 0.15) is 0 Å². The number of hydrogen-bond donors (Lipinski definition) is 2. The molecule has 24 heavy (non-hydrogen) atoms. The van der Waals surface area contributed by atoms with E-state index >= 15 is 0 Å². The zero-order chi connectivity index (χ0) is 16.9. The molecule has 0 unspecified atom stereocenters. The van der Waals surface area contributed by atoms with E-state index in [0.29, 0.717) is 23.9 Å². The molecule has 0 radical (unpaired) electrons. The van der Waals surface area contributed by atoms with Crippen molar-refractivity contribution in [2.75, 3.05) is 31.3 Å². The Morgan fingerprint density at radius 2 is 2.08 bits per heavy atom. The molecule has 5 nitrogen and oxygen atoms in total. The minimum Gasteiger partial charge on any atom is -0.395 e. The van der Waals surface area contributed by atoms with Gasteiger partial charge in [-0.05, 0) is 30.3 Å². The van der Waals surface area contributed by atoms with Crippen molar-refractivity contribution in [1.82, 2.24) is 9.97 Å². The zero-order valence-corrected chi connectivity index (χ0v) is 14.4. The molecular formula is C16H16FN3O2S2. The number of anilines is 1. The molecule has 0 saturated carbocycles. The van der Waals surface area contributed by atoms with Gasteiger partial charge in [0.05, 0.1) is 35.7 Å². The van der Waals surface area contributed by atoms with Crippen LogP contribution in [0.4, 0.5) is 10.1 Å². The van der Waals surface area contributed by atoms with Gasteiger partial charge in [-0.1, -0.05) is 0 Å². The van der Waals surface area contributed by atoms with E-state index in [1.165, 1.54) is 17.4 Å². The van der Waals surface area contributed by atoms with Crippen molar-refractivity contribution in [2.45, 2.75) is 4.90 Å². The Morgan fingerprint density at radius 3 is 2.88 bits per heavy atom. The summed E-state index contributed by atoms with van der Waals surface area (Å²) in [4.78, 5) is 9.47. The molecule has 0 amide bonds. The molecule has 0 aliphatic carbocycles. The van der Waals surface area contributed by atoms with Crippen molar-refractivity contribution >= 4 is 39.0 Å². The number of nitrogen functional groups attached to an aromatic ring is 1. The van der Waals surface area contributed by atoms with Crippen LogP contribution >= 0.6 is 23.1 Å². The third-order valence-electron chi connectivity index (χ3n) is 3.19. The van der Waals surface area contributed by atoms with Crippen molar-refractivity contribution in [3.8, 4) is 10.7 Å². The van der Waals surface area contributed by atoms with E-state index in [1.54, 1.807) is 17.8 Å². The van der Waals surface area contributed by atoms with Crippen LogP contribution in [0, 0.1) is 5.95 Å². The third-order valence-corrected chi connectivity index (χ3v) is 5.19. The molecular weight excluding hydrogens is 348 g/mol. The van der Waals surface area contributed by atoms with Crippen molar-refractivity contribution < 1.29 is 14.2 Å². The second-order valence-electron chi connectivity index (χ2n) is 4.91. The number of halogens is 1. The van der Waals surface area contributed by atoms with Gasteiger partial charge >= 0.3 is 0 Å². The lowest BCUT2D eigenvalue weighted by Gasteiger charge is -2.02. The van der Waals surface area contributed by atoms with E-state index in [-0.39, 0.29) is 12.3 Å². The second-order valence-corrected chi connectivity index (χ2v) is 7.11. The quantitative estimate of drug-likeness (QED) is 0.381. The first-order chi connectivity index (χ1) is 11.7. The Bertz CT molecular complexity index is 841. The SMILES string of the molecule is Nc1ccc(-c2nc3ccc(SCCOCCO)cc3s2)nc1[18F]. The Labute approximate surface area is 146 Å². The molecule has 0 spiro atoms. The average molecular weight is 364 g/mol. The van der Waals surface area contributed by atoms with Crippen LogP contribution in [0.15, 0.2) is 35.2 Å². The number of thioether (sulfide) groups is 1. The van der Waals surface area contributed by atoms with Crippen LogP contribution in [0.3, 0.4) is 0 Å². The predicted molar refractivity (Wildman–Crippen MR) is 95.9 cm³/mol. The molecule has 0 aliphatic heterocycles. The standard InChI is InChI=1S/C16H16FN3O2S2/c17-15-11(18)2-4-13(19-15)16-20-12-3-1-10(9-14(12)24-16)23-8-7-22-6-5-21/h1-4,9,21H,5-8,18H2/i17-1. The van der Waals surface area contributed by atoms with Crippen LogP contribution in [-0.2, 0) is 4.74 Å². The van der Waals surface area contributed by atoms with Gasteiger partial charge in [0.1, 0.15) is 10.7 Å². The summed E-state index contributed by atoms with van der Waals surface area (Å²) >= 11 is 3.14. The van der Waals surface area contributed by atoms with E-state index < -0.39 is 5.95 Å². The number of hydrogen-bond acceptors (Lipinski definition) is 7. The number of pyridine rings is 1. The van der Waals surface area contributed by atoms with Crippen molar-refractivity contribution in [3.05, 3.63) is 36.3 Å². The zero-order valence-electron chi connectivity index (χ0n) is 12.7. The van der Waals surface area contributed by atoms with Gasteiger partial charge < -0.3 is 15.6 Å². The number of rotatable bonds is 7. The van der Waals surface area contributed by atoms with Gasteiger partial charge in [0.25, 0.3) is 0 Å². The number of aliphatic hydroxyl groups excluding tert-OH is 1. The Balaban J connectivity index is 1.75. The number of benzene rings is 1. The molecule has 3 aromatic rings. The number of aliphatic hydroxyl groups is 1. The minimum atomic E-state index is -0.675. The lowest BCUT2D eigenvalue weighted by molar-refractivity contribution is 0.103. The average Bonchev–Trinajstić information content (AvgIpc) is 3.00. The molecule has 3 N–H and O–H groups in total. The topological polar surface area (TPSA) is 81.3 Å². The summed E-state index contributed by atoms with van der Waals surface area (Å²) < 4.78 is 19.8. The molecule has 0 aliphatic rings. The number of fused-ring (bicyclic) bond motifs is 1. The summed E-state index contributed by atoms with van der Waals surface area (Å²) in [5.41, 5.74) is 6.82. The first kappa shape index (κ1) is 17.1. The number of ether oxygens (including phenoxy) is 1. The Kier molecular flexibility index (Phi) is 5.62. The lowest BCUT2D eigenvalue weighted by Crippen LogP contribution is -2.02. The monoisotopic (exact) mass is 364 g/mol. The molecule has 3 rings (SSSR count). The summed E-state index contributed by atoms with van der Waals surface area (Å²) in [6, 6.07) is 9.17. The van der Waals surface area contributed by atoms with Gasteiger partial charge in [-0.15, -0.1) is 23.1 Å². The summed E-state index contributed by atoms with van der Waals surface area (Å²) in [7, 11) is 0. The maximum absolute atomic E-state index is 13.5. The van der Waals surface area contributed by atoms with Crippen molar-refractivity contribution in [2.24, 2.45) is 0 Å². The van der Waals surface area contributed by atoms with Gasteiger partial charge in [0, 0.05) is 10.6 Å². The molecule has 1 aromatic carbocycles. The molecule has 0 atom stereocenters. The number of nitrogens with zero attached hydrogens (tertiary/aromatic N) is 2. The Morgan fingerprint density at radius 1 is 1.21 bits per heavy atom. The maximum Gasteiger partial charge on any atom is 0.236 e. The van der Waals surface area contributed by atoms with Gasteiger partial charge in [0.2, 0.25) is 5.95 Å². The number of aromatic nitrogens is 2. The number of nitrogens with two attached hydrogens (primary N) is 1. The normalized spacial score (nSPS) is 11.2. The highest BCUT2D eigenvalue weighted by atomic mass is 32.2. The van der Waals surface area contributed by atoms with Gasteiger partial charge in [-0.2, -0.15) is 4.39 Å². The van der Waals surface area contributed by atoms with Crippen LogP contribution in [0.2, 0.25) is 0 Å². The summed E-state index contributed by atoms with van der Waals surface area (Å²) in [5.74, 6) is 0.132. The van der Waals surface area contributed by atoms with Crippen LogP contribution in [0.25, 0.3) is 20.9 Å². The van der Waals surface area contributed by atoms with Gasteiger partial charge in [0.15, 0.2) is 0 Å². The molecule has 2 aromatic heterocycles. The lowest BCUT2D eigenvalue weighted by atomic mass is 10.3. The van der Waals surface area contributed by atoms with Crippen molar-refractivity contribution in [3.63, 3.8) is 0 Å². The first-order valence-corrected chi connectivity index (χ1v) is 9.12. The van der Waals surface area contributed by atoms with Crippen LogP contribution in [0.5, 0.6) is 0 Å². The van der Waals surface area contributed by atoms with E-state index in [9.17, 15) is 4.39 Å². The molecule has 0 saturated heterocycles. The highest BCUT2D eigenvalue weighted by molar-refractivity contribution is 7.99. The van der Waals surface area contributed by atoms with E-state index in [0.717, 1.165) is 20.9 Å². The first-order valence-electron chi connectivity index (χ1n) is 7.32. The maximum atomic E-state index is 13.5. The molecule has 8 heteroatoms. The summed E-state index contributed by atoms with van der Waals surface area (Å²) in [6.07, 6.45) is 0. The van der Waals surface area contributed by atoms with E-state index in [1.807, 2.05) is 12.1 Å². The van der Waals surface area contributed by atoms with Crippen LogP contribution in [-0.4, -0.2) is 40.6 Å². The fourth-order valence-electron chi connectivity index (χ4n) is 2.05. The minimum absolute atomic E-state index is 0.0296. The van der Waals surface area contributed by atoms with Crippen LogP contribution < -0.4 is 5.73 Å². The third kappa shape index (κ3) is 4.02. The molecule has 0 bridgehead atoms. The fourth-order valence-corrected chi connectivity index (χ4v) is 3.91. The Hall–Kier alpha value is -1.74. The summed E-state index contributed by atoms with van der Waals surface area (Å²) in [5, 5.41) is 9.32. The van der Waals surface area contributed by atoms with Crippen molar-refractivity contribution in [1.29, 1.82) is 0 Å². The van der Waals surface area contributed by atoms with Gasteiger partial charge in [-0.25, -0.2) is 9.97 Å². The molecule has 2 heterocycles. The largest absolute Gasteiger partial charge is 0.395 e.